The first-order chi connectivity index (χ1) is 5.86. The maximum atomic E-state index is 8.25. The third kappa shape index (κ3) is 2.36. The van der Waals surface area contributed by atoms with Crippen LogP contribution in [0, 0.1) is 0 Å². The molecule has 3 heteroatoms. The molecule has 0 aliphatic heterocycles. The molecule has 0 saturated heterocycles. The molecule has 3 nitrogen and oxygen atoms in total. The SMILES string of the molecule is CCc1cccc(N=CNO)c1. The van der Waals surface area contributed by atoms with Gasteiger partial charge in [0.25, 0.3) is 0 Å². The number of hydrogen-bond acceptors (Lipinski definition) is 2. The Kier molecular flexibility index (Phi) is 3.29. The number of benzene rings is 1. The fourth-order valence-corrected chi connectivity index (χ4v) is 0.960. The maximum absolute atomic E-state index is 8.25. The zero-order chi connectivity index (χ0) is 8.81. The van der Waals surface area contributed by atoms with Crippen LogP contribution < -0.4 is 5.48 Å². The lowest BCUT2D eigenvalue weighted by molar-refractivity contribution is 0.240. The van der Waals surface area contributed by atoms with E-state index in [1.807, 2.05) is 29.7 Å². The summed E-state index contributed by atoms with van der Waals surface area (Å²) in [5, 5.41) is 8.25. The monoisotopic (exact) mass is 164 g/mol. The van der Waals surface area contributed by atoms with E-state index in [0.717, 1.165) is 12.1 Å². The van der Waals surface area contributed by atoms with Gasteiger partial charge in [-0.25, -0.2) is 4.99 Å². The average molecular weight is 164 g/mol. The van der Waals surface area contributed by atoms with Crippen LogP contribution in [0.5, 0.6) is 0 Å². The van der Waals surface area contributed by atoms with E-state index < -0.39 is 0 Å². The number of aryl methyl sites for hydroxylation is 1. The second-order valence-electron chi connectivity index (χ2n) is 2.41. The Labute approximate surface area is 71.7 Å². The summed E-state index contributed by atoms with van der Waals surface area (Å²) < 4.78 is 0. The molecule has 1 rings (SSSR count). The molecule has 0 fully saturated rings. The van der Waals surface area contributed by atoms with Crippen LogP contribution in [0.2, 0.25) is 0 Å². The fraction of sp³-hybridized carbons (Fsp3) is 0.222. The summed E-state index contributed by atoms with van der Waals surface area (Å²) in [6.07, 6.45) is 2.24. The van der Waals surface area contributed by atoms with E-state index in [-0.39, 0.29) is 0 Å². The third-order valence-corrected chi connectivity index (χ3v) is 1.59. The average Bonchev–Trinajstić information content (AvgIpc) is 2.15. The van der Waals surface area contributed by atoms with E-state index in [1.54, 1.807) is 0 Å². The van der Waals surface area contributed by atoms with Crippen molar-refractivity contribution in [2.75, 3.05) is 0 Å². The molecule has 0 aliphatic carbocycles. The topological polar surface area (TPSA) is 44.6 Å². The van der Waals surface area contributed by atoms with E-state index in [0.29, 0.717) is 0 Å². The van der Waals surface area contributed by atoms with E-state index in [9.17, 15) is 0 Å². The summed E-state index contributed by atoms with van der Waals surface area (Å²) in [4.78, 5) is 3.95. The van der Waals surface area contributed by atoms with Gasteiger partial charge in [-0.2, -0.15) is 0 Å². The Morgan fingerprint density at radius 2 is 2.42 bits per heavy atom. The standard InChI is InChI=1S/C9H12N2O/c1-2-8-4-3-5-9(6-8)10-7-11-12/h3-7,12H,2H2,1H3,(H,10,11). The van der Waals surface area contributed by atoms with Crippen molar-refractivity contribution in [3.8, 4) is 0 Å². The van der Waals surface area contributed by atoms with Crippen molar-refractivity contribution in [2.45, 2.75) is 13.3 Å². The van der Waals surface area contributed by atoms with Gasteiger partial charge < -0.3 is 0 Å². The van der Waals surface area contributed by atoms with Gasteiger partial charge in [0.1, 0.15) is 6.34 Å². The molecule has 1 aromatic carbocycles. The van der Waals surface area contributed by atoms with Crippen LogP contribution in [0.3, 0.4) is 0 Å². The molecule has 0 unspecified atom stereocenters. The van der Waals surface area contributed by atoms with Crippen LogP contribution >= 0.6 is 0 Å². The highest BCUT2D eigenvalue weighted by Gasteiger charge is 1.89. The second kappa shape index (κ2) is 4.51. The van der Waals surface area contributed by atoms with E-state index in [1.165, 1.54) is 11.9 Å². The quantitative estimate of drug-likeness (QED) is 0.407. The number of nitrogens with zero attached hydrogens (tertiary/aromatic N) is 1. The van der Waals surface area contributed by atoms with Crippen LogP contribution in [0.1, 0.15) is 12.5 Å². The van der Waals surface area contributed by atoms with E-state index in [4.69, 9.17) is 5.21 Å². The van der Waals surface area contributed by atoms with Crippen molar-refractivity contribution in [3.05, 3.63) is 29.8 Å². The summed E-state index contributed by atoms with van der Waals surface area (Å²) >= 11 is 0. The molecule has 0 spiro atoms. The lowest BCUT2D eigenvalue weighted by Gasteiger charge is -1.96. The van der Waals surface area contributed by atoms with Crippen molar-refractivity contribution in [2.24, 2.45) is 4.99 Å². The van der Waals surface area contributed by atoms with Crippen LogP contribution in [0.4, 0.5) is 5.69 Å². The first-order valence-corrected chi connectivity index (χ1v) is 3.88. The third-order valence-electron chi connectivity index (χ3n) is 1.59. The fourth-order valence-electron chi connectivity index (χ4n) is 0.960. The Morgan fingerprint density at radius 3 is 3.08 bits per heavy atom. The summed E-state index contributed by atoms with van der Waals surface area (Å²) in [7, 11) is 0. The van der Waals surface area contributed by atoms with Gasteiger partial charge in [0.2, 0.25) is 0 Å². The largest absolute Gasteiger partial charge is 0.290 e. The molecule has 0 aromatic heterocycles. The number of hydroxylamine groups is 1. The van der Waals surface area contributed by atoms with Crippen LogP contribution in [0.25, 0.3) is 0 Å². The molecule has 0 amide bonds. The predicted octanol–water partition coefficient (Wildman–Crippen LogP) is 1.89. The molecule has 0 atom stereocenters. The predicted molar refractivity (Wildman–Crippen MR) is 48.9 cm³/mol. The van der Waals surface area contributed by atoms with Crippen molar-refractivity contribution in [3.63, 3.8) is 0 Å². The Bertz CT molecular complexity index is 271. The molecule has 64 valence electrons. The highest BCUT2D eigenvalue weighted by Crippen LogP contribution is 2.13. The number of nitrogens with one attached hydrogen (secondary N) is 1. The molecular formula is C9H12N2O. The van der Waals surface area contributed by atoms with Gasteiger partial charge in [-0.1, -0.05) is 19.1 Å². The summed E-state index contributed by atoms with van der Waals surface area (Å²) in [5.74, 6) is 0. The van der Waals surface area contributed by atoms with Gasteiger partial charge in [0.15, 0.2) is 0 Å². The lowest BCUT2D eigenvalue weighted by atomic mass is 10.1. The van der Waals surface area contributed by atoms with Crippen molar-refractivity contribution in [1.82, 2.24) is 5.48 Å². The zero-order valence-electron chi connectivity index (χ0n) is 6.99. The normalized spacial score (nSPS) is 10.5. The minimum atomic E-state index is 0.843. The van der Waals surface area contributed by atoms with Gasteiger partial charge in [-0.15, -0.1) is 0 Å². The smallest absolute Gasteiger partial charge is 0.113 e. The molecule has 0 radical (unpaired) electrons. The molecule has 0 heterocycles. The summed E-state index contributed by atoms with van der Waals surface area (Å²) in [5.41, 5.74) is 3.94. The molecule has 12 heavy (non-hydrogen) atoms. The molecular weight excluding hydrogens is 152 g/mol. The molecule has 2 N–H and O–H groups in total. The van der Waals surface area contributed by atoms with E-state index in [2.05, 4.69) is 11.9 Å². The summed E-state index contributed by atoms with van der Waals surface area (Å²) in [6, 6.07) is 7.86. The Balaban J connectivity index is 2.79. The first-order valence-electron chi connectivity index (χ1n) is 3.88. The van der Waals surface area contributed by atoms with Gasteiger partial charge in [0.05, 0.1) is 5.69 Å². The van der Waals surface area contributed by atoms with E-state index >= 15 is 0 Å². The minimum absolute atomic E-state index is 0.843. The number of rotatable bonds is 3. The van der Waals surface area contributed by atoms with Gasteiger partial charge >= 0.3 is 0 Å². The highest BCUT2D eigenvalue weighted by molar-refractivity contribution is 5.59. The number of aliphatic imine (C=N–C) groups is 1. The van der Waals surface area contributed by atoms with Crippen LogP contribution in [-0.2, 0) is 6.42 Å². The van der Waals surface area contributed by atoms with Crippen LogP contribution in [-0.4, -0.2) is 11.5 Å². The Hall–Kier alpha value is -1.35. The maximum Gasteiger partial charge on any atom is 0.113 e. The minimum Gasteiger partial charge on any atom is -0.290 e. The van der Waals surface area contributed by atoms with Crippen molar-refractivity contribution in [1.29, 1.82) is 0 Å². The molecule has 0 bridgehead atoms. The second-order valence-corrected chi connectivity index (χ2v) is 2.41. The van der Waals surface area contributed by atoms with Crippen molar-refractivity contribution >= 4 is 12.0 Å². The number of hydrogen-bond donors (Lipinski definition) is 2. The van der Waals surface area contributed by atoms with Gasteiger partial charge in [0, 0.05) is 0 Å². The van der Waals surface area contributed by atoms with Gasteiger partial charge in [-0.3, -0.25) is 10.7 Å². The Morgan fingerprint density at radius 1 is 1.58 bits per heavy atom. The van der Waals surface area contributed by atoms with Crippen molar-refractivity contribution < 1.29 is 5.21 Å². The van der Waals surface area contributed by atoms with Gasteiger partial charge in [-0.05, 0) is 24.1 Å². The zero-order valence-corrected chi connectivity index (χ0v) is 6.99. The molecule has 0 aliphatic rings. The molecule has 1 aromatic rings. The molecule has 0 saturated carbocycles. The summed E-state index contributed by atoms with van der Waals surface area (Å²) in [6.45, 7) is 2.09. The first kappa shape index (κ1) is 8.74. The lowest BCUT2D eigenvalue weighted by Crippen LogP contribution is -2.00. The van der Waals surface area contributed by atoms with Crippen LogP contribution in [0.15, 0.2) is 29.3 Å². The highest BCUT2D eigenvalue weighted by atomic mass is 16.5.